The first kappa shape index (κ1) is 12.1. The van der Waals surface area contributed by atoms with Gasteiger partial charge < -0.3 is 5.32 Å². The van der Waals surface area contributed by atoms with Crippen LogP contribution in [0.1, 0.15) is 12.5 Å². The highest BCUT2D eigenvalue weighted by Crippen LogP contribution is 2.29. The molecular weight excluding hydrogens is 229 g/mol. The maximum atomic E-state index is 12.3. The fourth-order valence-corrected chi connectivity index (χ4v) is 1.03. The summed E-state index contributed by atoms with van der Waals surface area (Å²) in [6.45, 7) is 2.11. The first-order chi connectivity index (χ1) is 6.89. The van der Waals surface area contributed by atoms with Crippen molar-refractivity contribution in [3.05, 3.63) is 23.9 Å². The molecule has 84 valence electrons. The second kappa shape index (κ2) is 4.70. The van der Waals surface area contributed by atoms with E-state index in [1.54, 1.807) is 6.92 Å². The molecule has 0 amide bonds. The Kier molecular flexibility index (Phi) is 3.79. The van der Waals surface area contributed by atoms with E-state index in [-0.39, 0.29) is 11.2 Å². The third-order valence-electron chi connectivity index (χ3n) is 1.65. The molecule has 1 rings (SSSR count). The van der Waals surface area contributed by atoms with Gasteiger partial charge in [-0.3, -0.25) is 0 Å². The van der Waals surface area contributed by atoms with E-state index in [0.29, 0.717) is 6.54 Å². The fraction of sp³-hybridized carbons (Fsp3) is 0.444. The quantitative estimate of drug-likeness (QED) is 0.819. The molecule has 1 atom stereocenters. The van der Waals surface area contributed by atoms with E-state index < -0.39 is 11.7 Å². The van der Waals surface area contributed by atoms with Gasteiger partial charge in [-0.1, -0.05) is 0 Å². The van der Waals surface area contributed by atoms with Crippen molar-refractivity contribution in [3.63, 3.8) is 0 Å². The first-order valence-corrected chi connectivity index (χ1v) is 4.74. The predicted octanol–water partition coefficient (Wildman–Crippen LogP) is 3.14. The van der Waals surface area contributed by atoms with Gasteiger partial charge in [0.25, 0.3) is 0 Å². The number of halogens is 4. The molecule has 0 spiro atoms. The second-order valence-corrected chi connectivity index (χ2v) is 3.83. The molecule has 0 radical (unpaired) electrons. The summed E-state index contributed by atoms with van der Waals surface area (Å²) >= 11 is 5.64. The molecule has 0 saturated heterocycles. The van der Waals surface area contributed by atoms with Gasteiger partial charge in [-0.2, -0.15) is 13.2 Å². The highest BCUT2D eigenvalue weighted by Gasteiger charge is 2.30. The Hall–Kier alpha value is -0.970. The van der Waals surface area contributed by atoms with Gasteiger partial charge in [-0.15, -0.1) is 11.6 Å². The van der Waals surface area contributed by atoms with Crippen molar-refractivity contribution in [2.75, 3.05) is 11.9 Å². The summed E-state index contributed by atoms with van der Waals surface area (Å²) in [6, 6.07) is 1.88. The van der Waals surface area contributed by atoms with Crippen molar-refractivity contribution in [2.24, 2.45) is 0 Å². The summed E-state index contributed by atoms with van der Waals surface area (Å²) in [5, 5.41) is 2.55. The number of pyridine rings is 1. The fourth-order valence-electron chi connectivity index (χ4n) is 0.949. The molecule has 15 heavy (non-hydrogen) atoms. The Labute approximate surface area is 90.5 Å². The minimum absolute atomic E-state index is 0.165. The van der Waals surface area contributed by atoms with Crippen LogP contribution in [-0.2, 0) is 6.18 Å². The monoisotopic (exact) mass is 238 g/mol. The number of nitrogens with one attached hydrogen (secondary N) is 1. The van der Waals surface area contributed by atoms with Gasteiger partial charge in [-0.25, -0.2) is 4.98 Å². The van der Waals surface area contributed by atoms with Crippen molar-refractivity contribution in [1.82, 2.24) is 4.98 Å². The van der Waals surface area contributed by atoms with Crippen molar-refractivity contribution >= 4 is 17.4 Å². The van der Waals surface area contributed by atoms with Gasteiger partial charge in [-0.05, 0) is 19.1 Å². The molecule has 0 bridgehead atoms. The van der Waals surface area contributed by atoms with Crippen LogP contribution in [-0.4, -0.2) is 16.9 Å². The number of aromatic nitrogens is 1. The average Bonchev–Trinajstić information content (AvgIpc) is 2.14. The third-order valence-corrected chi connectivity index (χ3v) is 1.81. The lowest BCUT2D eigenvalue weighted by molar-refractivity contribution is -0.137. The van der Waals surface area contributed by atoms with E-state index in [1.807, 2.05) is 0 Å². The molecular formula is C9H10ClF3N2. The van der Waals surface area contributed by atoms with Gasteiger partial charge in [0.2, 0.25) is 0 Å². The van der Waals surface area contributed by atoms with Crippen LogP contribution in [0.4, 0.5) is 19.0 Å². The van der Waals surface area contributed by atoms with Crippen LogP contribution < -0.4 is 5.32 Å². The van der Waals surface area contributed by atoms with Crippen molar-refractivity contribution in [2.45, 2.75) is 18.5 Å². The summed E-state index contributed by atoms with van der Waals surface area (Å²) in [4.78, 5) is 3.76. The van der Waals surface area contributed by atoms with Crippen molar-refractivity contribution in [3.8, 4) is 0 Å². The zero-order valence-electron chi connectivity index (χ0n) is 7.98. The number of alkyl halides is 4. The predicted molar refractivity (Wildman–Crippen MR) is 53.0 cm³/mol. The van der Waals surface area contributed by atoms with E-state index >= 15 is 0 Å². The number of hydrogen-bond acceptors (Lipinski definition) is 2. The van der Waals surface area contributed by atoms with Gasteiger partial charge in [0.05, 0.1) is 5.56 Å². The van der Waals surface area contributed by atoms with E-state index in [4.69, 9.17) is 11.6 Å². The Bertz CT molecular complexity index is 325. The maximum Gasteiger partial charge on any atom is 0.416 e. The zero-order chi connectivity index (χ0) is 11.5. The Morgan fingerprint density at radius 2 is 2.20 bits per heavy atom. The van der Waals surface area contributed by atoms with E-state index in [9.17, 15) is 13.2 Å². The van der Waals surface area contributed by atoms with Crippen LogP contribution >= 0.6 is 11.6 Å². The minimum atomic E-state index is -4.34. The molecule has 0 aliphatic heterocycles. The van der Waals surface area contributed by atoms with Crippen molar-refractivity contribution < 1.29 is 13.2 Å². The summed E-state index contributed by atoms with van der Waals surface area (Å²) in [6.07, 6.45) is -3.23. The van der Waals surface area contributed by atoms with Crippen LogP contribution in [0.3, 0.4) is 0 Å². The largest absolute Gasteiger partial charge is 0.416 e. The lowest BCUT2D eigenvalue weighted by Crippen LogP contribution is -2.13. The minimum Gasteiger partial charge on any atom is -0.369 e. The van der Waals surface area contributed by atoms with Crippen LogP contribution in [0, 0.1) is 0 Å². The van der Waals surface area contributed by atoms with Crippen molar-refractivity contribution in [1.29, 1.82) is 0 Å². The molecule has 1 aromatic rings. The maximum absolute atomic E-state index is 12.3. The van der Waals surface area contributed by atoms with Crippen LogP contribution in [0.2, 0.25) is 0 Å². The average molecular weight is 239 g/mol. The van der Waals surface area contributed by atoms with Gasteiger partial charge in [0, 0.05) is 18.1 Å². The lowest BCUT2D eigenvalue weighted by atomic mass is 10.2. The number of anilines is 1. The first-order valence-electron chi connectivity index (χ1n) is 4.31. The highest BCUT2D eigenvalue weighted by molar-refractivity contribution is 6.20. The SMILES string of the molecule is CC(Cl)CNc1cc(C(F)(F)F)ccn1. The highest BCUT2D eigenvalue weighted by atomic mass is 35.5. The molecule has 6 heteroatoms. The van der Waals surface area contributed by atoms with Crippen LogP contribution in [0.25, 0.3) is 0 Å². The van der Waals surface area contributed by atoms with Gasteiger partial charge in [0.1, 0.15) is 5.82 Å². The summed E-state index contributed by atoms with van der Waals surface area (Å²) in [5.41, 5.74) is -0.720. The topological polar surface area (TPSA) is 24.9 Å². The third kappa shape index (κ3) is 3.95. The lowest BCUT2D eigenvalue weighted by Gasteiger charge is -2.10. The molecule has 1 unspecified atom stereocenters. The molecule has 0 aliphatic rings. The number of nitrogens with zero attached hydrogens (tertiary/aromatic N) is 1. The normalized spacial score (nSPS) is 13.7. The Balaban J connectivity index is 2.75. The van der Waals surface area contributed by atoms with Crippen LogP contribution in [0.5, 0.6) is 0 Å². The Morgan fingerprint density at radius 3 is 2.73 bits per heavy atom. The van der Waals surface area contributed by atoms with E-state index in [2.05, 4.69) is 10.3 Å². The smallest absolute Gasteiger partial charge is 0.369 e. The van der Waals surface area contributed by atoms with Gasteiger partial charge >= 0.3 is 6.18 Å². The molecule has 0 aliphatic carbocycles. The summed E-state index contributed by atoms with van der Waals surface area (Å²) < 4.78 is 36.9. The summed E-state index contributed by atoms with van der Waals surface area (Å²) in [7, 11) is 0. The molecule has 2 nitrogen and oxygen atoms in total. The number of hydrogen-bond donors (Lipinski definition) is 1. The summed E-state index contributed by atoms with van der Waals surface area (Å²) in [5.74, 6) is 0.178. The standard InChI is InChI=1S/C9H10ClF3N2/c1-6(10)5-15-8-4-7(2-3-14-8)9(11,12)13/h2-4,6H,5H2,1H3,(H,14,15). The molecule has 0 saturated carbocycles. The van der Waals surface area contributed by atoms with E-state index in [1.165, 1.54) is 0 Å². The Morgan fingerprint density at radius 1 is 1.53 bits per heavy atom. The molecule has 1 aromatic heterocycles. The molecule has 1 heterocycles. The zero-order valence-corrected chi connectivity index (χ0v) is 8.73. The second-order valence-electron chi connectivity index (χ2n) is 3.09. The number of rotatable bonds is 3. The van der Waals surface area contributed by atoms with E-state index in [0.717, 1.165) is 18.3 Å². The molecule has 1 N–H and O–H groups in total. The molecule has 0 aromatic carbocycles. The molecule has 0 fully saturated rings. The van der Waals surface area contributed by atoms with Crippen LogP contribution in [0.15, 0.2) is 18.3 Å². The van der Waals surface area contributed by atoms with Gasteiger partial charge in [0.15, 0.2) is 0 Å².